The van der Waals surface area contributed by atoms with Crippen LogP contribution in [0, 0.1) is 11.8 Å². The van der Waals surface area contributed by atoms with Crippen molar-refractivity contribution >= 4 is 22.5 Å². The minimum atomic E-state index is -2.19. The van der Waals surface area contributed by atoms with Crippen LogP contribution in [0.5, 0.6) is 0 Å². The second kappa shape index (κ2) is 14.0. The molecule has 0 aliphatic carbocycles. The molecule has 1 aromatic carbocycles. The maximum atomic E-state index is 13.3. The number of hydrogen-bond acceptors (Lipinski definition) is 5. The Kier molecular flexibility index (Phi) is 12.9. The van der Waals surface area contributed by atoms with Gasteiger partial charge in [-0.05, 0) is 48.2 Å². The number of nitrogens with zero attached hydrogens (tertiary/aromatic N) is 1. The smallest absolute Gasteiger partial charge is 0.251 e. The van der Waals surface area contributed by atoms with Crippen LogP contribution in [0.1, 0.15) is 67.4 Å². The van der Waals surface area contributed by atoms with E-state index in [1.807, 2.05) is 25.1 Å². The Morgan fingerprint density at radius 1 is 0.895 bits per heavy atom. The average molecular weight is 568 g/mol. The summed E-state index contributed by atoms with van der Waals surface area (Å²) >= 11 is 0. The predicted molar refractivity (Wildman–Crippen MR) is 163 cm³/mol. The van der Waals surface area contributed by atoms with Gasteiger partial charge in [-0.1, -0.05) is 85.7 Å². The summed E-state index contributed by atoms with van der Waals surface area (Å²) in [7, 11) is -1.12. The molecule has 1 rings (SSSR count). The fourth-order valence-corrected chi connectivity index (χ4v) is 6.75. The number of hydrogen-bond donors (Lipinski definition) is 0. The number of carbonyl (C=O) groups is 1. The first-order valence-corrected chi connectivity index (χ1v) is 19.9. The van der Waals surface area contributed by atoms with Crippen LogP contribution in [-0.4, -0.2) is 60.6 Å². The standard InChI is InChI=1S/C30H57NO5Si2/c1-23(27(24(2)28(32)31(9)33-10)36-38(13,14)30(6,7)8)26(35-37(11,12)29(3,4)5)20-21-34-22-25-18-16-15-17-19-25/h15-19,23-24,26-27H,20-22H2,1-14H3/t23-,24+,26+,27-/m1/s1. The molecule has 0 saturated carbocycles. The number of rotatable bonds is 14. The summed E-state index contributed by atoms with van der Waals surface area (Å²) in [4.78, 5) is 18.6. The van der Waals surface area contributed by atoms with Crippen molar-refractivity contribution in [3.8, 4) is 0 Å². The molecule has 0 aromatic heterocycles. The lowest BCUT2D eigenvalue weighted by atomic mass is 9.87. The molecule has 0 aliphatic rings. The minimum Gasteiger partial charge on any atom is -0.413 e. The second-order valence-electron chi connectivity index (χ2n) is 13.8. The van der Waals surface area contributed by atoms with E-state index in [9.17, 15) is 4.79 Å². The highest BCUT2D eigenvalue weighted by Gasteiger charge is 2.46. The fourth-order valence-electron chi connectivity index (χ4n) is 3.86. The average Bonchev–Trinajstić information content (AvgIpc) is 2.81. The van der Waals surface area contributed by atoms with Crippen molar-refractivity contribution in [3.63, 3.8) is 0 Å². The summed E-state index contributed by atoms with van der Waals surface area (Å²) < 4.78 is 20.2. The van der Waals surface area contributed by atoms with E-state index >= 15 is 0 Å². The zero-order valence-corrected chi connectivity index (χ0v) is 28.8. The van der Waals surface area contributed by atoms with Gasteiger partial charge < -0.3 is 13.6 Å². The molecule has 8 heteroatoms. The molecule has 0 fully saturated rings. The number of benzene rings is 1. The molecule has 0 unspecified atom stereocenters. The van der Waals surface area contributed by atoms with Crippen molar-refractivity contribution in [1.29, 1.82) is 0 Å². The van der Waals surface area contributed by atoms with Gasteiger partial charge in [-0.3, -0.25) is 9.63 Å². The largest absolute Gasteiger partial charge is 0.413 e. The van der Waals surface area contributed by atoms with Gasteiger partial charge in [0.15, 0.2) is 16.6 Å². The Balaban J connectivity index is 3.32. The van der Waals surface area contributed by atoms with Crippen molar-refractivity contribution < 1.29 is 23.2 Å². The van der Waals surface area contributed by atoms with Crippen molar-refractivity contribution in [3.05, 3.63) is 35.9 Å². The van der Waals surface area contributed by atoms with Crippen LogP contribution in [0.3, 0.4) is 0 Å². The normalized spacial score (nSPS) is 16.6. The van der Waals surface area contributed by atoms with Gasteiger partial charge >= 0.3 is 0 Å². The third kappa shape index (κ3) is 9.86. The molecule has 6 nitrogen and oxygen atoms in total. The van der Waals surface area contributed by atoms with E-state index in [4.69, 9.17) is 18.4 Å². The quantitative estimate of drug-likeness (QED) is 0.131. The summed E-state index contributed by atoms with van der Waals surface area (Å²) in [6.07, 6.45) is 0.313. The summed E-state index contributed by atoms with van der Waals surface area (Å²) in [5.41, 5.74) is 1.16. The van der Waals surface area contributed by atoms with Gasteiger partial charge in [-0.15, -0.1) is 0 Å². The van der Waals surface area contributed by atoms with E-state index in [0.717, 1.165) is 12.0 Å². The van der Waals surface area contributed by atoms with Crippen molar-refractivity contribution in [1.82, 2.24) is 5.06 Å². The van der Waals surface area contributed by atoms with Gasteiger partial charge in [0.25, 0.3) is 5.91 Å². The van der Waals surface area contributed by atoms with E-state index in [1.54, 1.807) is 7.05 Å². The Morgan fingerprint density at radius 3 is 1.87 bits per heavy atom. The first-order valence-electron chi connectivity index (χ1n) is 14.0. The topological polar surface area (TPSA) is 57.2 Å². The van der Waals surface area contributed by atoms with Crippen molar-refractivity contribution in [2.24, 2.45) is 11.8 Å². The lowest BCUT2D eigenvalue weighted by Crippen LogP contribution is -2.54. The second-order valence-corrected chi connectivity index (χ2v) is 23.3. The van der Waals surface area contributed by atoms with Crippen LogP contribution in [0.25, 0.3) is 0 Å². The number of ether oxygens (including phenoxy) is 1. The third-order valence-corrected chi connectivity index (χ3v) is 17.7. The molecular formula is C30H57NO5Si2. The Morgan fingerprint density at radius 2 is 1.39 bits per heavy atom. The summed E-state index contributed by atoms with van der Waals surface area (Å²) in [6.45, 7) is 27.8. The zero-order chi connectivity index (χ0) is 29.5. The van der Waals surface area contributed by atoms with Gasteiger partial charge in [0.2, 0.25) is 0 Å². The van der Waals surface area contributed by atoms with Crippen LogP contribution in [0.15, 0.2) is 30.3 Å². The first kappa shape index (κ1) is 35.0. The molecule has 0 N–H and O–H groups in total. The van der Waals surface area contributed by atoms with Crippen LogP contribution in [-0.2, 0) is 29.8 Å². The number of hydroxylamine groups is 2. The Bertz CT molecular complexity index is 848. The van der Waals surface area contributed by atoms with Crippen molar-refractivity contribution in [2.45, 2.75) is 117 Å². The van der Waals surface area contributed by atoms with Gasteiger partial charge in [-0.2, -0.15) is 0 Å². The maximum Gasteiger partial charge on any atom is 0.251 e. The van der Waals surface area contributed by atoms with Gasteiger partial charge in [-0.25, -0.2) is 5.06 Å². The molecule has 0 heterocycles. The van der Waals surface area contributed by atoms with E-state index < -0.39 is 16.6 Å². The monoisotopic (exact) mass is 567 g/mol. The Hall–Kier alpha value is -1.04. The molecule has 0 spiro atoms. The SMILES string of the molecule is CON(C)C(=O)[C@@H](C)[C@H](O[Si](C)(C)C(C)(C)C)[C@H](C)[C@H](CCOCc1ccccc1)O[Si](C)(C)C(C)(C)C. The molecule has 1 aromatic rings. The lowest BCUT2D eigenvalue weighted by Gasteiger charge is -2.46. The Labute approximate surface area is 236 Å². The molecular weight excluding hydrogens is 511 g/mol. The zero-order valence-electron chi connectivity index (χ0n) is 26.8. The minimum absolute atomic E-state index is 0.00940. The highest BCUT2D eigenvalue weighted by atomic mass is 28.4. The highest BCUT2D eigenvalue weighted by Crippen LogP contribution is 2.42. The third-order valence-electron chi connectivity index (χ3n) is 8.72. The molecule has 0 radical (unpaired) electrons. The van der Waals surface area contributed by atoms with Gasteiger partial charge in [0, 0.05) is 19.6 Å². The van der Waals surface area contributed by atoms with Crippen molar-refractivity contribution in [2.75, 3.05) is 20.8 Å². The molecule has 1 amide bonds. The summed E-state index contributed by atoms with van der Waals surface area (Å²) in [6, 6.07) is 10.2. The number of carbonyl (C=O) groups excluding carboxylic acids is 1. The van der Waals surface area contributed by atoms with Gasteiger partial charge in [0.1, 0.15) is 0 Å². The molecule has 0 saturated heterocycles. The maximum absolute atomic E-state index is 13.3. The lowest BCUT2D eigenvalue weighted by molar-refractivity contribution is -0.177. The van der Waals surface area contributed by atoms with Crippen LogP contribution >= 0.6 is 0 Å². The highest BCUT2D eigenvalue weighted by molar-refractivity contribution is 6.74. The fraction of sp³-hybridized carbons (Fsp3) is 0.767. The van der Waals surface area contributed by atoms with E-state index in [1.165, 1.54) is 12.2 Å². The van der Waals surface area contributed by atoms with E-state index in [-0.39, 0.29) is 40.0 Å². The predicted octanol–water partition coefficient (Wildman–Crippen LogP) is 7.67. The van der Waals surface area contributed by atoms with Crippen LogP contribution in [0.4, 0.5) is 0 Å². The van der Waals surface area contributed by atoms with E-state index in [0.29, 0.717) is 13.2 Å². The first-order chi connectivity index (χ1) is 17.2. The van der Waals surface area contributed by atoms with E-state index in [2.05, 4.69) is 86.8 Å². The molecule has 0 bridgehead atoms. The molecule has 0 aliphatic heterocycles. The summed E-state index contributed by atoms with van der Waals surface area (Å²) in [5.74, 6) is -0.503. The number of amides is 1. The van der Waals surface area contributed by atoms with Crippen LogP contribution in [0.2, 0.25) is 36.3 Å². The molecule has 38 heavy (non-hydrogen) atoms. The van der Waals surface area contributed by atoms with Crippen LogP contribution < -0.4 is 0 Å². The summed E-state index contributed by atoms with van der Waals surface area (Å²) in [5, 5.41) is 1.38. The molecule has 220 valence electrons. The molecule has 4 atom stereocenters. The van der Waals surface area contributed by atoms with Gasteiger partial charge in [0.05, 0.1) is 31.8 Å².